The summed E-state index contributed by atoms with van der Waals surface area (Å²) in [6.07, 6.45) is 1.10. The number of benzene rings is 1. The van der Waals surface area contributed by atoms with Crippen molar-refractivity contribution in [1.82, 2.24) is 0 Å². The van der Waals surface area contributed by atoms with Gasteiger partial charge in [-0.2, -0.15) is 4.57 Å². The van der Waals surface area contributed by atoms with Gasteiger partial charge in [0, 0.05) is 12.5 Å². The molecule has 4 nitrogen and oxygen atoms in total. The van der Waals surface area contributed by atoms with E-state index in [1.165, 1.54) is 4.88 Å². The summed E-state index contributed by atoms with van der Waals surface area (Å²) < 4.78 is 1.98. The van der Waals surface area contributed by atoms with E-state index < -0.39 is 0 Å². The number of carbonyl (C=O) groups excluding carboxylic acids is 1. The lowest BCUT2D eigenvalue weighted by molar-refractivity contribution is -0.684. The molecule has 2 aromatic rings. The minimum absolute atomic E-state index is 0.0819. The van der Waals surface area contributed by atoms with Crippen LogP contribution >= 0.6 is 11.3 Å². The molecule has 1 aliphatic rings. The van der Waals surface area contributed by atoms with Crippen molar-refractivity contribution in [3.8, 4) is 0 Å². The number of aromatic nitrogens is 1. The van der Waals surface area contributed by atoms with E-state index in [-0.39, 0.29) is 11.7 Å². The summed E-state index contributed by atoms with van der Waals surface area (Å²) in [4.78, 5) is 17.6. The number of hydrogen-bond acceptors (Lipinski definition) is 4. The molecule has 0 unspecified atom stereocenters. The number of ketones is 1. The Balaban J connectivity index is 1.84. The van der Waals surface area contributed by atoms with Gasteiger partial charge < -0.3 is 5.11 Å². The molecule has 108 valence electrons. The average molecular weight is 300 g/mol. The van der Waals surface area contributed by atoms with Crippen LogP contribution in [0.5, 0.6) is 0 Å². The van der Waals surface area contributed by atoms with E-state index >= 15 is 0 Å². The summed E-state index contributed by atoms with van der Waals surface area (Å²) in [7, 11) is 0. The Morgan fingerprint density at radius 2 is 2.19 bits per heavy atom. The second-order valence-electron chi connectivity index (χ2n) is 5.26. The first-order chi connectivity index (χ1) is 10.0. The Morgan fingerprint density at radius 3 is 2.90 bits per heavy atom. The quantitative estimate of drug-likeness (QED) is 0.642. The van der Waals surface area contributed by atoms with Crippen LogP contribution in [0, 0.1) is 13.8 Å². The van der Waals surface area contributed by atoms with Gasteiger partial charge in [0.05, 0.1) is 10.6 Å². The normalized spacial score (nSPS) is 13.7. The monoisotopic (exact) mass is 300 g/mol. The lowest BCUT2D eigenvalue weighted by atomic mass is 10.00. The van der Waals surface area contributed by atoms with Gasteiger partial charge >= 0.3 is 0 Å². The summed E-state index contributed by atoms with van der Waals surface area (Å²) in [5.74, 6) is 0.00195. The Morgan fingerprint density at radius 1 is 1.38 bits per heavy atom. The number of carbonyl (C=O) groups is 1. The highest BCUT2D eigenvalue weighted by molar-refractivity contribution is 7.09. The molecular weight excluding hydrogens is 284 g/mol. The van der Waals surface area contributed by atoms with Crippen molar-refractivity contribution >= 4 is 28.7 Å². The van der Waals surface area contributed by atoms with E-state index in [0.29, 0.717) is 30.6 Å². The molecule has 0 N–H and O–H groups in total. The van der Waals surface area contributed by atoms with Crippen molar-refractivity contribution in [1.29, 1.82) is 0 Å². The molecule has 5 heteroatoms. The van der Waals surface area contributed by atoms with Crippen LogP contribution in [0.1, 0.15) is 32.9 Å². The molecule has 0 radical (unpaired) electrons. The summed E-state index contributed by atoms with van der Waals surface area (Å²) in [5.41, 5.74) is 5.50. The summed E-state index contributed by atoms with van der Waals surface area (Å²) in [6, 6.07) is 5.41. The number of thiazole rings is 1. The maximum Gasteiger partial charge on any atom is 0.227 e. The zero-order chi connectivity index (χ0) is 15.0. The maximum atomic E-state index is 12.4. The fourth-order valence-corrected chi connectivity index (χ4v) is 3.22. The number of nitrogens with zero attached hydrogens (tertiary/aromatic N) is 2. The molecule has 0 amide bonds. The number of hydrogen-bond donors (Lipinski definition) is 0. The second kappa shape index (κ2) is 5.41. The van der Waals surface area contributed by atoms with E-state index in [9.17, 15) is 9.90 Å². The first kappa shape index (κ1) is 13.9. The zero-order valence-corrected chi connectivity index (χ0v) is 12.9. The Hall–Kier alpha value is -2.01. The fraction of sp³-hybridized carbons (Fsp3) is 0.312. The van der Waals surface area contributed by atoms with E-state index in [1.54, 1.807) is 23.5 Å². The molecule has 0 atom stereocenters. The highest BCUT2D eigenvalue weighted by Gasteiger charge is 2.19. The van der Waals surface area contributed by atoms with Gasteiger partial charge in [-0.3, -0.25) is 9.79 Å². The van der Waals surface area contributed by atoms with E-state index in [2.05, 4.69) is 11.9 Å². The molecule has 1 aromatic heterocycles. The van der Waals surface area contributed by atoms with Crippen LogP contribution < -0.4 is 9.67 Å². The van der Waals surface area contributed by atoms with E-state index in [1.807, 2.05) is 23.1 Å². The molecule has 21 heavy (non-hydrogen) atoms. The molecule has 2 heterocycles. The largest absolute Gasteiger partial charge is 0.862 e. The van der Waals surface area contributed by atoms with Gasteiger partial charge in [0.15, 0.2) is 5.69 Å². The van der Waals surface area contributed by atoms with Crippen molar-refractivity contribution in [3.05, 3.63) is 45.4 Å². The number of aryl methyl sites for hydroxylation is 2. The topological polar surface area (TPSA) is 56.4 Å². The molecule has 1 aliphatic heterocycles. The van der Waals surface area contributed by atoms with Crippen molar-refractivity contribution in [2.24, 2.45) is 4.99 Å². The Bertz CT molecular complexity index is 747. The van der Waals surface area contributed by atoms with E-state index in [4.69, 9.17) is 0 Å². The Kier molecular flexibility index (Phi) is 3.59. The van der Waals surface area contributed by atoms with Gasteiger partial charge in [0.2, 0.25) is 17.8 Å². The van der Waals surface area contributed by atoms with Crippen molar-refractivity contribution in [3.63, 3.8) is 0 Å². The van der Waals surface area contributed by atoms with Crippen LogP contribution in [-0.4, -0.2) is 11.7 Å². The van der Waals surface area contributed by atoms with Gasteiger partial charge in [-0.05, 0) is 49.4 Å². The van der Waals surface area contributed by atoms with Crippen molar-refractivity contribution < 1.29 is 14.5 Å². The van der Waals surface area contributed by atoms with Crippen molar-refractivity contribution in [2.45, 2.75) is 33.2 Å². The SMILES string of the molecule is Cc1sc[n+](CC(=O)c2ccc3c(c2)CCC([O-])=N3)c1C. The van der Waals surface area contributed by atoms with Gasteiger partial charge in [-0.25, -0.2) is 0 Å². The molecular formula is C16H16N2O2S. The molecule has 0 fully saturated rings. The molecule has 0 bridgehead atoms. The van der Waals surface area contributed by atoms with Crippen LogP contribution in [0.2, 0.25) is 0 Å². The predicted octanol–water partition coefficient (Wildman–Crippen LogP) is 1.87. The molecule has 0 saturated carbocycles. The third kappa shape index (κ3) is 2.74. The number of rotatable bonds is 3. The summed E-state index contributed by atoms with van der Waals surface area (Å²) in [6.45, 7) is 4.43. The first-order valence-electron chi connectivity index (χ1n) is 6.89. The molecule has 0 spiro atoms. The zero-order valence-electron chi connectivity index (χ0n) is 12.0. The molecule has 0 saturated heterocycles. The third-order valence-corrected chi connectivity index (χ3v) is 4.87. The maximum absolute atomic E-state index is 12.4. The van der Waals surface area contributed by atoms with Crippen LogP contribution in [-0.2, 0) is 13.0 Å². The highest BCUT2D eigenvalue weighted by atomic mass is 32.1. The molecule has 1 aromatic carbocycles. The summed E-state index contributed by atoms with van der Waals surface area (Å²) in [5, 5.41) is 11.3. The number of aliphatic imine (C=N–C) groups is 1. The average Bonchev–Trinajstić information content (AvgIpc) is 2.78. The van der Waals surface area contributed by atoms with Crippen molar-refractivity contribution in [2.75, 3.05) is 0 Å². The lowest BCUT2D eigenvalue weighted by Gasteiger charge is -2.18. The Labute approximate surface area is 127 Å². The standard InChI is InChI=1S/C16H16N2O2S/c1-10-11(2)21-9-18(10)8-15(19)13-3-5-14-12(7-13)4-6-16(20)17-14/h3,5,7,9H,4,6,8H2,1-2H3. The molecule has 3 rings (SSSR count). The smallest absolute Gasteiger partial charge is 0.227 e. The number of fused-ring (bicyclic) bond motifs is 1. The van der Waals surface area contributed by atoms with Crippen LogP contribution in [0.4, 0.5) is 5.69 Å². The minimum Gasteiger partial charge on any atom is -0.862 e. The van der Waals surface area contributed by atoms with Crippen LogP contribution in [0.25, 0.3) is 0 Å². The second-order valence-corrected chi connectivity index (χ2v) is 6.32. The van der Waals surface area contributed by atoms with Gasteiger partial charge in [0.25, 0.3) is 0 Å². The predicted molar refractivity (Wildman–Crippen MR) is 80.2 cm³/mol. The van der Waals surface area contributed by atoms with Gasteiger partial charge in [-0.15, -0.1) is 0 Å². The summed E-state index contributed by atoms with van der Waals surface area (Å²) >= 11 is 1.65. The number of Topliss-reactive ketones (excluding diaryl/α,β-unsaturated/α-hetero) is 1. The molecule has 0 aliphatic carbocycles. The third-order valence-electron chi connectivity index (χ3n) is 3.87. The van der Waals surface area contributed by atoms with Gasteiger partial charge in [-0.1, -0.05) is 11.3 Å². The fourth-order valence-electron chi connectivity index (χ4n) is 2.41. The first-order valence-corrected chi connectivity index (χ1v) is 7.77. The lowest BCUT2D eigenvalue weighted by Crippen LogP contribution is -2.38. The van der Waals surface area contributed by atoms with E-state index in [0.717, 1.165) is 11.3 Å². The minimum atomic E-state index is -0.0819. The van der Waals surface area contributed by atoms with Gasteiger partial charge in [0.1, 0.15) is 0 Å². The highest BCUT2D eigenvalue weighted by Crippen LogP contribution is 2.26. The van der Waals surface area contributed by atoms with Crippen LogP contribution in [0.3, 0.4) is 0 Å². The van der Waals surface area contributed by atoms with Crippen LogP contribution in [0.15, 0.2) is 28.7 Å².